The maximum atomic E-state index is 5.26. The topological polar surface area (TPSA) is 36.4 Å². The average Bonchev–Trinajstić information content (AvgIpc) is 2.58. The molecular formula is C20H25N3S. The molecule has 0 spiro atoms. The number of hydrogen-bond acceptors (Lipinski definition) is 2. The third-order valence-electron chi connectivity index (χ3n) is 3.79. The van der Waals surface area contributed by atoms with Gasteiger partial charge in [0, 0.05) is 6.54 Å². The molecule has 0 aromatic heterocycles. The molecule has 2 rings (SSSR count). The van der Waals surface area contributed by atoms with Crippen LogP contribution >= 0.6 is 12.2 Å². The van der Waals surface area contributed by atoms with Crippen molar-refractivity contribution in [1.29, 1.82) is 0 Å². The van der Waals surface area contributed by atoms with Crippen molar-refractivity contribution in [3.05, 3.63) is 71.3 Å². The van der Waals surface area contributed by atoms with Gasteiger partial charge in [0.25, 0.3) is 0 Å². The molecule has 0 bridgehead atoms. The van der Waals surface area contributed by atoms with E-state index in [1.165, 1.54) is 11.1 Å². The van der Waals surface area contributed by atoms with Crippen molar-refractivity contribution in [2.45, 2.75) is 39.7 Å². The summed E-state index contributed by atoms with van der Waals surface area (Å²) in [7, 11) is 0. The van der Waals surface area contributed by atoms with Gasteiger partial charge in [-0.25, -0.2) is 0 Å². The highest BCUT2D eigenvalue weighted by molar-refractivity contribution is 7.80. The van der Waals surface area contributed by atoms with E-state index in [4.69, 9.17) is 12.2 Å². The van der Waals surface area contributed by atoms with E-state index in [2.05, 4.69) is 73.0 Å². The fourth-order valence-corrected chi connectivity index (χ4v) is 2.35. The molecule has 0 atom stereocenters. The van der Waals surface area contributed by atoms with Crippen LogP contribution < -0.4 is 10.7 Å². The van der Waals surface area contributed by atoms with Crippen LogP contribution in [0.2, 0.25) is 0 Å². The minimum Gasteiger partial charge on any atom is -0.357 e. The van der Waals surface area contributed by atoms with Crippen LogP contribution in [0.15, 0.2) is 59.7 Å². The van der Waals surface area contributed by atoms with Crippen LogP contribution in [0.25, 0.3) is 0 Å². The average molecular weight is 340 g/mol. The first-order valence-corrected chi connectivity index (χ1v) is 8.50. The van der Waals surface area contributed by atoms with Crippen LogP contribution in [0.1, 0.15) is 44.4 Å². The van der Waals surface area contributed by atoms with Gasteiger partial charge in [0.1, 0.15) is 0 Å². The van der Waals surface area contributed by atoms with E-state index >= 15 is 0 Å². The van der Waals surface area contributed by atoms with Gasteiger partial charge in [-0.05, 0) is 41.2 Å². The molecular weight excluding hydrogens is 314 g/mol. The summed E-state index contributed by atoms with van der Waals surface area (Å²) in [6, 6.07) is 18.6. The number of rotatable bonds is 4. The van der Waals surface area contributed by atoms with E-state index in [1.807, 2.05) is 25.1 Å². The zero-order chi connectivity index (χ0) is 17.6. The summed E-state index contributed by atoms with van der Waals surface area (Å²) < 4.78 is 0. The molecule has 0 aliphatic heterocycles. The number of benzene rings is 2. The lowest BCUT2D eigenvalue weighted by Crippen LogP contribution is -2.32. The van der Waals surface area contributed by atoms with Gasteiger partial charge < -0.3 is 5.32 Å². The predicted molar refractivity (Wildman–Crippen MR) is 106 cm³/mol. The highest BCUT2D eigenvalue weighted by Gasteiger charge is 2.13. The fourth-order valence-electron chi connectivity index (χ4n) is 2.23. The lowest BCUT2D eigenvalue weighted by molar-refractivity contribution is 0.590. The summed E-state index contributed by atoms with van der Waals surface area (Å²) in [6.07, 6.45) is 0. The van der Waals surface area contributed by atoms with Crippen molar-refractivity contribution in [2.24, 2.45) is 5.10 Å². The minimum absolute atomic E-state index is 0.157. The van der Waals surface area contributed by atoms with E-state index in [9.17, 15) is 0 Å². The summed E-state index contributed by atoms with van der Waals surface area (Å²) >= 11 is 5.26. The van der Waals surface area contributed by atoms with Crippen molar-refractivity contribution in [3.8, 4) is 0 Å². The van der Waals surface area contributed by atoms with Crippen molar-refractivity contribution >= 4 is 23.0 Å². The van der Waals surface area contributed by atoms with Gasteiger partial charge in [-0.15, -0.1) is 0 Å². The molecule has 2 aromatic carbocycles. The molecule has 2 aromatic rings. The van der Waals surface area contributed by atoms with E-state index in [0.29, 0.717) is 11.7 Å². The van der Waals surface area contributed by atoms with E-state index in [-0.39, 0.29) is 5.41 Å². The van der Waals surface area contributed by atoms with Crippen LogP contribution in [0.5, 0.6) is 0 Å². The SMILES string of the molecule is C/C(=N/NC(=S)NCc1ccccc1)c1ccc(C(C)(C)C)cc1. The van der Waals surface area contributed by atoms with Gasteiger partial charge in [-0.2, -0.15) is 5.10 Å². The molecule has 0 aliphatic carbocycles. The Morgan fingerprint density at radius 1 is 1.00 bits per heavy atom. The number of hydrogen-bond donors (Lipinski definition) is 2. The number of nitrogens with one attached hydrogen (secondary N) is 2. The van der Waals surface area contributed by atoms with Gasteiger partial charge in [0.05, 0.1) is 5.71 Å². The van der Waals surface area contributed by atoms with Gasteiger partial charge in [0.15, 0.2) is 5.11 Å². The molecule has 0 heterocycles. The fraction of sp³-hybridized carbons (Fsp3) is 0.300. The lowest BCUT2D eigenvalue weighted by atomic mass is 9.86. The van der Waals surface area contributed by atoms with Gasteiger partial charge in [-0.1, -0.05) is 75.4 Å². The van der Waals surface area contributed by atoms with Crippen molar-refractivity contribution in [3.63, 3.8) is 0 Å². The van der Waals surface area contributed by atoms with Crippen LogP contribution in [-0.4, -0.2) is 10.8 Å². The van der Waals surface area contributed by atoms with Crippen LogP contribution in [-0.2, 0) is 12.0 Å². The third-order valence-corrected chi connectivity index (χ3v) is 4.03. The molecule has 2 N–H and O–H groups in total. The van der Waals surface area contributed by atoms with Crippen LogP contribution in [0, 0.1) is 0 Å². The Hall–Kier alpha value is -2.20. The van der Waals surface area contributed by atoms with E-state index in [1.54, 1.807) is 0 Å². The van der Waals surface area contributed by atoms with Crippen LogP contribution in [0.3, 0.4) is 0 Å². The number of hydrazone groups is 1. The Balaban J connectivity index is 1.90. The molecule has 4 heteroatoms. The summed E-state index contributed by atoms with van der Waals surface area (Å²) in [5, 5.41) is 8.03. The van der Waals surface area contributed by atoms with Gasteiger partial charge >= 0.3 is 0 Å². The normalized spacial score (nSPS) is 11.9. The summed E-state index contributed by atoms with van der Waals surface area (Å²) in [5.74, 6) is 0. The molecule has 0 radical (unpaired) electrons. The van der Waals surface area contributed by atoms with Crippen molar-refractivity contribution in [1.82, 2.24) is 10.7 Å². The summed E-state index contributed by atoms with van der Waals surface area (Å²) in [5.41, 5.74) is 7.54. The smallest absolute Gasteiger partial charge is 0.187 e. The quantitative estimate of drug-likeness (QED) is 0.493. The molecule has 0 saturated heterocycles. The molecule has 0 amide bonds. The highest BCUT2D eigenvalue weighted by Crippen LogP contribution is 2.22. The second-order valence-corrected chi connectivity index (χ2v) is 7.21. The lowest BCUT2D eigenvalue weighted by Gasteiger charge is -2.19. The maximum absolute atomic E-state index is 5.26. The number of thiocarbonyl (C=S) groups is 1. The second kappa shape index (κ2) is 8.06. The Labute approximate surface area is 150 Å². The third kappa shape index (κ3) is 5.46. The Morgan fingerprint density at radius 3 is 2.21 bits per heavy atom. The van der Waals surface area contributed by atoms with Gasteiger partial charge in [-0.3, -0.25) is 5.43 Å². The Morgan fingerprint density at radius 2 is 1.62 bits per heavy atom. The van der Waals surface area contributed by atoms with Gasteiger partial charge in [0.2, 0.25) is 0 Å². The maximum Gasteiger partial charge on any atom is 0.187 e. The largest absolute Gasteiger partial charge is 0.357 e. The first-order valence-electron chi connectivity index (χ1n) is 8.09. The molecule has 0 fully saturated rings. The molecule has 0 aliphatic rings. The minimum atomic E-state index is 0.157. The summed E-state index contributed by atoms with van der Waals surface area (Å²) in [4.78, 5) is 0. The monoisotopic (exact) mass is 339 g/mol. The number of nitrogens with zero attached hydrogens (tertiary/aromatic N) is 1. The standard InChI is InChI=1S/C20H25N3S/c1-15(17-10-12-18(13-11-17)20(2,3)4)22-23-19(24)21-14-16-8-6-5-7-9-16/h5-13H,14H2,1-4H3,(H2,21,23,24)/b22-15-. The molecule has 126 valence electrons. The molecule has 0 unspecified atom stereocenters. The van der Waals surface area contributed by atoms with Crippen molar-refractivity contribution in [2.75, 3.05) is 0 Å². The summed E-state index contributed by atoms with van der Waals surface area (Å²) in [6.45, 7) is 9.28. The Kier molecular flexibility index (Phi) is 6.10. The van der Waals surface area contributed by atoms with Crippen LogP contribution in [0.4, 0.5) is 0 Å². The first kappa shape index (κ1) is 18.1. The van der Waals surface area contributed by atoms with E-state index in [0.717, 1.165) is 11.3 Å². The zero-order valence-corrected chi connectivity index (χ0v) is 15.6. The Bertz CT molecular complexity index is 698. The first-order chi connectivity index (χ1) is 11.4. The molecule has 24 heavy (non-hydrogen) atoms. The highest BCUT2D eigenvalue weighted by atomic mass is 32.1. The van der Waals surface area contributed by atoms with E-state index < -0.39 is 0 Å². The second-order valence-electron chi connectivity index (χ2n) is 6.80. The molecule has 3 nitrogen and oxygen atoms in total. The predicted octanol–water partition coefficient (Wildman–Crippen LogP) is 4.37. The zero-order valence-electron chi connectivity index (χ0n) is 14.8. The molecule has 0 saturated carbocycles. The van der Waals surface area contributed by atoms with Crippen molar-refractivity contribution < 1.29 is 0 Å².